The molecular formula is C24H25N5OS. The van der Waals surface area contributed by atoms with Gasteiger partial charge in [-0.3, -0.25) is 4.79 Å². The molecular weight excluding hydrogens is 406 g/mol. The Kier molecular flexibility index (Phi) is 5.46. The Bertz CT molecular complexity index is 1090. The van der Waals surface area contributed by atoms with Crippen molar-refractivity contribution in [3.63, 3.8) is 0 Å². The summed E-state index contributed by atoms with van der Waals surface area (Å²) in [6.45, 7) is 4.12. The molecule has 1 amide bonds. The lowest BCUT2D eigenvalue weighted by Gasteiger charge is -2.36. The van der Waals surface area contributed by atoms with Crippen molar-refractivity contribution < 1.29 is 4.79 Å². The molecule has 5 rings (SSSR count). The van der Waals surface area contributed by atoms with E-state index in [0.717, 1.165) is 36.5 Å². The Balaban J connectivity index is 1.31. The van der Waals surface area contributed by atoms with Gasteiger partial charge in [-0.25, -0.2) is 4.98 Å². The van der Waals surface area contributed by atoms with Crippen LogP contribution in [0.5, 0.6) is 0 Å². The molecule has 1 saturated heterocycles. The predicted molar refractivity (Wildman–Crippen MR) is 123 cm³/mol. The van der Waals surface area contributed by atoms with Gasteiger partial charge in [-0.15, -0.1) is 10.2 Å². The molecule has 2 aliphatic heterocycles. The van der Waals surface area contributed by atoms with Crippen molar-refractivity contribution in [2.24, 2.45) is 0 Å². The summed E-state index contributed by atoms with van der Waals surface area (Å²) in [6, 6.07) is 16.5. The Morgan fingerprint density at radius 3 is 2.77 bits per heavy atom. The first-order valence-corrected chi connectivity index (χ1v) is 11.6. The van der Waals surface area contributed by atoms with Crippen molar-refractivity contribution in [1.82, 2.24) is 20.1 Å². The average molecular weight is 432 g/mol. The van der Waals surface area contributed by atoms with E-state index in [9.17, 15) is 4.79 Å². The number of fused-ring (bicyclic) bond motifs is 3. The zero-order valence-electron chi connectivity index (χ0n) is 17.7. The van der Waals surface area contributed by atoms with E-state index in [1.165, 1.54) is 22.9 Å². The Hall–Kier alpha value is -2.77. The van der Waals surface area contributed by atoms with Gasteiger partial charge in [-0.2, -0.15) is 0 Å². The van der Waals surface area contributed by atoms with E-state index in [4.69, 9.17) is 0 Å². The molecule has 2 aliphatic rings. The summed E-state index contributed by atoms with van der Waals surface area (Å²) in [7, 11) is 2.16. The number of carbonyl (C=O) groups is 1. The number of likely N-dealkylation sites (tertiary alicyclic amines) is 1. The van der Waals surface area contributed by atoms with Crippen molar-refractivity contribution in [2.75, 3.05) is 30.8 Å². The number of piperidine rings is 1. The zero-order chi connectivity index (χ0) is 21.4. The monoisotopic (exact) mass is 431 g/mol. The highest BCUT2D eigenvalue weighted by Crippen LogP contribution is 2.45. The van der Waals surface area contributed by atoms with Crippen LogP contribution >= 0.6 is 11.8 Å². The van der Waals surface area contributed by atoms with Gasteiger partial charge < -0.3 is 9.80 Å². The van der Waals surface area contributed by atoms with Crippen molar-refractivity contribution in [1.29, 1.82) is 0 Å². The standard InChI is InChI=1S/C24H25N5OS/c1-16-8-9-21-18(12-16)19-14-28(2)11-10-22(19)29(21)23(30)15-31-24-25-13-20(26-27-24)17-6-4-3-5-7-17/h3-9,12-13,19,22H,10-11,14-15H2,1-2H3/t19-,22+/m1/s1. The highest BCUT2D eigenvalue weighted by atomic mass is 32.2. The SMILES string of the molecule is Cc1ccc2c(c1)[C@H]1CN(C)CC[C@@H]1N2C(=O)CSc1ncc(-c2ccccc2)nn1. The molecule has 2 aromatic carbocycles. The van der Waals surface area contributed by atoms with Crippen LogP contribution in [0.1, 0.15) is 23.5 Å². The normalized spacial score (nSPS) is 20.4. The number of aryl methyl sites for hydroxylation is 1. The van der Waals surface area contributed by atoms with Crippen LogP contribution in [0.3, 0.4) is 0 Å². The van der Waals surface area contributed by atoms with Crippen LogP contribution in [0, 0.1) is 6.92 Å². The van der Waals surface area contributed by atoms with Gasteiger partial charge in [-0.05, 0) is 38.6 Å². The first-order chi connectivity index (χ1) is 15.1. The quantitative estimate of drug-likeness (QED) is 0.586. The minimum absolute atomic E-state index is 0.114. The molecule has 0 unspecified atom stereocenters. The third-order valence-corrected chi connectivity index (χ3v) is 6.99. The Labute approximate surface area is 186 Å². The predicted octanol–water partition coefficient (Wildman–Crippen LogP) is 3.77. The van der Waals surface area contributed by atoms with Crippen molar-refractivity contribution in [3.8, 4) is 11.3 Å². The van der Waals surface area contributed by atoms with E-state index in [-0.39, 0.29) is 11.9 Å². The summed E-state index contributed by atoms with van der Waals surface area (Å²) in [5.41, 5.74) is 5.33. The maximum atomic E-state index is 13.3. The topological polar surface area (TPSA) is 62.2 Å². The second kappa shape index (κ2) is 8.40. The summed E-state index contributed by atoms with van der Waals surface area (Å²) in [6.07, 6.45) is 2.71. The van der Waals surface area contributed by atoms with Crippen LogP contribution in [0.15, 0.2) is 59.9 Å². The van der Waals surface area contributed by atoms with E-state index in [1.807, 2.05) is 35.2 Å². The molecule has 6 nitrogen and oxygen atoms in total. The highest BCUT2D eigenvalue weighted by Gasteiger charge is 2.43. The number of benzene rings is 2. The van der Waals surface area contributed by atoms with Crippen LogP contribution in [0.25, 0.3) is 11.3 Å². The zero-order valence-corrected chi connectivity index (χ0v) is 18.5. The Morgan fingerprint density at radius 1 is 1.16 bits per heavy atom. The number of nitrogens with zero attached hydrogens (tertiary/aromatic N) is 5. The third kappa shape index (κ3) is 3.95. The molecule has 0 N–H and O–H groups in total. The number of anilines is 1. The molecule has 3 aromatic rings. The fourth-order valence-electron chi connectivity index (χ4n) is 4.67. The molecule has 31 heavy (non-hydrogen) atoms. The number of thioether (sulfide) groups is 1. The first kappa shape index (κ1) is 20.2. The van der Waals surface area contributed by atoms with Crippen LogP contribution in [-0.2, 0) is 4.79 Å². The molecule has 3 heterocycles. The van der Waals surface area contributed by atoms with Gasteiger partial charge in [0.15, 0.2) is 0 Å². The lowest BCUT2D eigenvalue weighted by molar-refractivity contribution is -0.116. The molecule has 0 spiro atoms. The lowest BCUT2D eigenvalue weighted by atomic mass is 9.89. The maximum Gasteiger partial charge on any atom is 0.237 e. The van der Waals surface area contributed by atoms with Gasteiger partial charge in [0.25, 0.3) is 0 Å². The van der Waals surface area contributed by atoms with E-state index in [0.29, 0.717) is 16.8 Å². The minimum Gasteiger partial charge on any atom is -0.308 e. The summed E-state index contributed by atoms with van der Waals surface area (Å²) < 4.78 is 0. The smallest absolute Gasteiger partial charge is 0.237 e. The first-order valence-electron chi connectivity index (χ1n) is 10.6. The third-order valence-electron chi connectivity index (χ3n) is 6.16. The van der Waals surface area contributed by atoms with E-state index in [1.54, 1.807) is 6.20 Å². The fraction of sp³-hybridized carbons (Fsp3) is 0.333. The van der Waals surface area contributed by atoms with Gasteiger partial charge in [0.05, 0.1) is 11.9 Å². The van der Waals surface area contributed by atoms with Crippen LogP contribution in [-0.4, -0.2) is 57.9 Å². The summed E-state index contributed by atoms with van der Waals surface area (Å²) in [5.74, 6) is 0.798. The van der Waals surface area contributed by atoms with Gasteiger partial charge in [-0.1, -0.05) is 59.8 Å². The number of hydrogen-bond donors (Lipinski definition) is 0. The van der Waals surface area contributed by atoms with Gasteiger partial charge in [0, 0.05) is 29.8 Å². The maximum absolute atomic E-state index is 13.3. The summed E-state index contributed by atoms with van der Waals surface area (Å²) >= 11 is 1.35. The second-order valence-corrected chi connectivity index (χ2v) is 9.27. The molecule has 0 bridgehead atoms. The highest BCUT2D eigenvalue weighted by molar-refractivity contribution is 7.99. The van der Waals surface area contributed by atoms with E-state index >= 15 is 0 Å². The molecule has 7 heteroatoms. The van der Waals surface area contributed by atoms with E-state index < -0.39 is 0 Å². The molecule has 158 valence electrons. The second-order valence-electron chi connectivity index (χ2n) is 8.33. The largest absolute Gasteiger partial charge is 0.308 e. The van der Waals surface area contributed by atoms with Gasteiger partial charge in [0.1, 0.15) is 5.69 Å². The molecule has 0 saturated carbocycles. The summed E-state index contributed by atoms with van der Waals surface area (Å²) in [5, 5.41) is 9.03. The van der Waals surface area contributed by atoms with E-state index in [2.05, 4.69) is 52.3 Å². The number of carbonyl (C=O) groups excluding carboxylic acids is 1. The lowest BCUT2D eigenvalue weighted by Crippen LogP contribution is -2.47. The number of rotatable bonds is 4. The van der Waals surface area contributed by atoms with Crippen molar-refractivity contribution in [3.05, 3.63) is 65.9 Å². The van der Waals surface area contributed by atoms with Gasteiger partial charge in [0.2, 0.25) is 11.1 Å². The molecule has 1 fully saturated rings. The fourth-order valence-corrected chi connectivity index (χ4v) is 5.29. The number of hydrogen-bond acceptors (Lipinski definition) is 6. The minimum atomic E-state index is 0.114. The van der Waals surface area contributed by atoms with Crippen molar-refractivity contribution >= 4 is 23.4 Å². The number of amides is 1. The molecule has 0 aliphatic carbocycles. The van der Waals surface area contributed by atoms with Crippen LogP contribution in [0.2, 0.25) is 0 Å². The van der Waals surface area contributed by atoms with Crippen LogP contribution < -0.4 is 4.90 Å². The molecule has 0 radical (unpaired) electrons. The molecule has 2 atom stereocenters. The average Bonchev–Trinajstić information content (AvgIpc) is 3.11. The summed E-state index contributed by atoms with van der Waals surface area (Å²) in [4.78, 5) is 22.1. The van der Waals surface area contributed by atoms with Gasteiger partial charge >= 0.3 is 0 Å². The number of likely N-dealkylation sites (N-methyl/N-ethyl adjacent to an activating group) is 1. The van der Waals surface area contributed by atoms with Crippen LogP contribution in [0.4, 0.5) is 5.69 Å². The molecule has 1 aromatic heterocycles. The number of aromatic nitrogens is 3. The Morgan fingerprint density at radius 2 is 2.00 bits per heavy atom. The van der Waals surface area contributed by atoms with Crippen molar-refractivity contribution in [2.45, 2.75) is 30.5 Å².